The summed E-state index contributed by atoms with van der Waals surface area (Å²) in [6.07, 6.45) is 2.71. The van der Waals surface area contributed by atoms with Gasteiger partial charge in [-0.15, -0.1) is 0 Å². The van der Waals surface area contributed by atoms with Crippen molar-refractivity contribution in [2.45, 2.75) is 0 Å². The molecule has 27 heavy (non-hydrogen) atoms. The van der Waals surface area contributed by atoms with E-state index in [1.807, 2.05) is 18.2 Å². The van der Waals surface area contributed by atoms with Gasteiger partial charge in [0, 0.05) is 11.1 Å². The fraction of sp³-hybridized carbons (Fsp3) is 0.0500. The lowest BCUT2D eigenvalue weighted by Crippen LogP contribution is -2.06. The molecule has 1 aromatic heterocycles. The lowest BCUT2D eigenvalue weighted by Gasteiger charge is -2.03. The first-order chi connectivity index (χ1) is 13.1. The summed E-state index contributed by atoms with van der Waals surface area (Å²) in [7, 11) is 0. The molecule has 0 saturated carbocycles. The Morgan fingerprint density at radius 2 is 2.00 bits per heavy atom. The number of allylic oxidation sites excluding steroid dienone is 1. The van der Waals surface area contributed by atoms with Crippen LogP contribution >= 0.6 is 11.6 Å². The third-order valence-corrected chi connectivity index (χ3v) is 4.03. The van der Waals surface area contributed by atoms with E-state index in [1.54, 1.807) is 36.4 Å². The molecule has 0 amide bonds. The molecule has 0 aliphatic carbocycles. The van der Waals surface area contributed by atoms with Crippen molar-refractivity contribution in [2.24, 2.45) is 0 Å². The highest BCUT2D eigenvalue weighted by Crippen LogP contribution is 2.19. The van der Waals surface area contributed by atoms with Gasteiger partial charge in [0.1, 0.15) is 18.2 Å². The van der Waals surface area contributed by atoms with Crippen LogP contribution in [0.3, 0.4) is 0 Å². The first-order valence-electron chi connectivity index (χ1n) is 7.95. The van der Waals surface area contributed by atoms with E-state index in [1.165, 1.54) is 12.2 Å². The molecule has 0 spiro atoms. The Bertz CT molecular complexity index is 1060. The molecule has 1 heterocycles. The second-order valence-electron chi connectivity index (χ2n) is 5.50. The Hall–Kier alpha value is -3.56. The molecule has 0 radical (unpaired) electrons. The zero-order valence-electron chi connectivity index (χ0n) is 14.0. The van der Waals surface area contributed by atoms with Gasteiger partial charge in [0.25, 0.3) is 0 Å². The lowest BCUT2D eigenvalue weighted by molar-refractivity contribution is -0.137. The summed E-state index contributed by atoms with van der Waals surface area (Å²) < 4.78 is 4.97. The number of nitrogens with one attached hydrogen (secondary N) is 1. The molecule has 0 aliphatic rings. The van der Waals surface area contributed by atoms with Crippen molar-refractivity contribution >= 4 is 40.3 Å². The molecule has 2 N–H and O–H groups in total. The van der Waals surface area contributed by atoms with E-state index in [2.05, 4.69) is 9.97 Å². The van der Waals surface area contributed by atoms with Crippen molar-refractivity contribution in [3.63, 3.8) is 0 Å². The molecule has 2 aromatic carbocycles. The number of carbonyl (C=O) groups is 1. The topological polar surface area (TPSA) is 99.0 Å². The monoisotopic (exact) mass is 379 g/mol. The quantitative estimate of drug-likeness (QED) is 0.298. The van der Waals surface area contributed by atoms with E-state index in [-0.39, 0.29) is 11.4 Å². The van der Waals surface area contributed by atoms with Gasteiger partial charge in [-0.2, -0.15) is 5.26 Å². The normalized spacial score (nSPS) is 12.0. The summed E-state index contributed by atoms with van der Waals surface area (Å²) in [4.78, 5) is 19.0. The van der Waals surface area contributed by atoms with Crippen molar-refractivity contribution < 1.29 is 14.6 Å². The molecular formula is C20H14ClN3O3. The van der Waals surface area contributed by atoms with Crippen molar-refractivity contribution in [3.05, 3.63) is 76.8 Å². The van der Waals surface area contributed by atoms with Gasteiger partial charge in [-0.1, -0.05) is 41.9 Å². The Kier molecular flexibility index (Phi) is 5.55. The van der Waals surface area contributed by atoms with Gasteiger partial charge in [-0.25, -0.2) is 9.78 Å². The second-order valence-corrected chi connectivity index (χ2v) is 5.91. The summed E-state index contributed by atoms with van der Waals surface area (Å²) in [5.74, 6) is -0.863. The highest BCUT2D eigenvalue weighted by Gasteiger charge is 2.14. The minimum atomic E-state index is -0.677. The maximum Gasteiger partial charge on any atom is 0.331 e. The molecular weight excluding hydrogens is 366 g/mol. The van der Waals surface area contributed by atoms with Crippen LogP contribution in [0.4, 0.5) is 0 Å². The number of para-hydroxylation sites is 2. The van der Waals surface area contributed by atoms with Crippen LogP contribution in [0.2, 0.25) is 5.02 Å². The summed E-state index contributed by atoms with van der Waals surface area (Å²) in [6, 6.07) is 16.1. The Morgan fingerprint density at radius 3 is 2.74 bits per heavy atom. The number of aromatic amines is 1. The van der Waals surface area contributed by atoms with Crippen LogP contribution in [0, 0.1) is 11.3 Å². The lowest BCUT2D eigenvalue weighted by atomic mass is 10.2. The van der Waals surface area contributed by atoms with Gasteiger partial charge < -0.3 is 14.8 Å². The number of ether oxygens (including phenoxy) is 1. The highest BCUT2D eigenvalue weighted by molar-refractivity contribution is 6.32. The number of nitrogens with zero attached hydrogens (tertiary/aromatic N) is 2. The third-order valence-electron chi connectivity index (χ3n) is 3.68. The number of aliphatic hydroxyl groups excluding tert-OH is 1. The molecule has 0 bridgehead atoms. The van der Waals surface area contributed by atoms with Crippen LogP contribution in [0.25, 0.3) is 22.7 Å². The maximum atomic E-state index is 11.8. The number of fused-ring (bicyclic) bond motifs is 1. The van der Waals surface area contributed by atoms with Crippen LogP contribution in [0.15, 0.2) is 60.4 Å². The zero-order valence-corrected chi connectivity index (χ0v) is 14.8. The van der Waals surface area contributed by atoms with Gasteiger partial charge >= 0.3 is 5.97 Å². The first-order valence-corrected chi connectivity index (χ1v) is 8.33. The van der Waals surface area contributed by atoms with E-state index in [4.69, 9.17) is 16.3 Å². The summed E-state index contributed by atoms with van der Waals surface area (Å²) in [5, 5.41) is 20.0. The predicted molar refractivity (Wildman–Crippen MR) is 103 cm³/mol. The van der Waals surface area contributed by atoms with Gasteiger partial charge in [-0.3, -0.25) is 0 Å². The van der Waals surface area contributed by atoms with Crippen LogP contribution in [0.5, 0.6) is 0 Å². The van der Waals surface area contributed by atoms with Crippen LogP contribution in [-0.4, -0.2) is 27.7 Å². The number of halogens is 1. The number of carbonyl (C=O) groups excluding carboxylic acids is 1. The highest BCUT2D eigenvalue weighted by atomic mass is 35.5. The number of hydrogen-bond acceptors (Lipinski definition) is 5. The number of esters is 1. The van der Waals surface area contributed by atoms with Crippen LogP contribution < -0.4 is 0 Å². The van der Waals surface area contributed by atoms with Crippen LogP contribution in [-0.2, 0) is 9.53 Å². The molecule has 6 nitrogen and oxygen atoms in total. The zero-order chi connectivity index (χ0) is 19.2. The molecule has 0 saturated heterocycles. The number of imidazole rings is 1. The molecule has 0 fully saturated rings. The van der Waals surface area contributed by atoms with Crippen molar-refractivity contribution in [2.75, 3.05) is 6.61 Å². The van der Waals surface area contributed by atoms with Crippen molar-refractivity contribution in [3.8, 4) is 6.07 Å². The smallest absolute Gasteiger partial charge is 0.331 e. The van der Waals surface area contributed by atoms with E-state index >= 15 is 0 Å². The standard InChI is InChI=1S/C20H14ClN3O3/c21-15-6-2-1-5-13(15)9-10-19(26)27-12-18(25)14(11-22)20-23-16-7-3-4-8-17(16)24-20/h1-10,25H,12H2,(H,23,24)/b10-9+,18-14-. The fourth-order valence-corrected chi connectivity index (χ4v) is 2.55. The first kappa shape index (κ1) is 18.2. The summed E-state index contributed by atoms with van der Waals surface area (Å²) in [5.41, 5.74) is 1.96. The van der Waals surface area contributed by atoms with Gasteiger partial charge in [0.05, 0.1) is 11.0 Å². The van der Waals surface area contributed by atoms with Gasteiger partial charge in [0.15, 0.2) is 11.6 Å². The maximum absolute atomic E-state index is 11.8. The second kappa shape index (κ2) is 8.21. The molecule has 7 heteroatoms. The summed E-state index contributed by atoms with van der Waals surface area (Å²) in [6.45, 7) is -0.453. The molecule has 134 valence electrons. The van der Waals surface area contributed by atoms with E-state index < -0.39 is 18.3 Å². The minimum Gasteiger partial charge on any atom is -0.507 e. The van der Waals surface area contributed by atoms with Gasteiger partial charge in [-0.05, 0) is 29.8 Å². The molecule has 0 unspecified atom stereocenters. The molecule has 3 aromatic rings. The average molecular weight is 380 g/mol. The minimum absolute atomic E-state index is 0.0888. The predicted octanol–water partition coefficient (Wildman–Crippen LogP) is 4.27. The molecule has 0 aliphatic heterocycles. The van der Waals surface area contributed by atoms with Crippen LogP contribution in [0.1, 0.15) is 11.4 Å². The number of H-pyrrole nitrogens is 1. The van der Waals surface area contributed by atoms with Crippen molar-refractivity contribution in [1.82, 2.24) is 9.97 Å². The number of aromatic nitrogens is 2. The van der Waals surface area contributed by atoms with E-state index in [0.29, 0.717) is 16.1 Å². The summed E-state index contributed by atoms with van der Waals surface area (Å²) >= 11 is 6.00. The van der Waals surface area contributed by atoms with E-state index in [0.717, 1.165) is 5.52 Å². The largest absolute Gasteiger partial charge is 0.507 e. The number of benzene rings is 2. The SMILES string of the molecule is N#C/C(=C(/O)COC(=O)/C=C/c1ccccc1Cl)c1nc2ccccc2[nH]1. The third kappa shape index (κ3) is 4.35. The average Bonchev–Trinajstić information content (AvgIpc) is 3.10. The number of rotatable bonds is 5. The Labute approximate surface area is 160 Å². The number of nitriles is 1. The fourth-order valence-electron chi connectivity index (χ4n) is 2.35. The number of hydrogen-bond donors (Lipinski definition) is 2. The molecule has 0 atom stereocenters. The molecule has 3 rings (SSSR count). The Balaban J connectivity index is 1.70. The van der Waals surface area contributed by atoms with E-state index in [9.17, 15) is 15.2 Å². The van der Waals surface area contributed by atoms with Crippen molar-refractivity contribution in [1.29, 1.82) is 5.26 Å². The number of aliphatic hydroxyl groups is 1. The van der Waals surface area contributed by atoms with Gasteiger partial charge in [0.2, 0.25) is 0 Å². The Morgan fingerprint density at radius 1 is 1.26 bits per heavy atom.